The number of methoxy groups -OCH3 is 2. The monoisotopic (exact) mass is 627 g/mol. The van der Waals surface area contributed by atoms with Crippen LogP contribution in [-0.4, -0.2) is 79.0 Å². The summed E-state index contributed by atoms with van der Waals surface area (Å²) in [5, 5.41) is 11.9. The molecule has 1 aliphatic heterocycles. The highest BCUT2D eigenvalue weighted by Crippen LogP contribution is 2.40. The molecule has 1 fully saturated rings. The highest BCUT2D eigenvalue weighted by Gasteiger charge is 2.39. The summed E-state index contributed by atoms with van der Waals surface area (Å²) < 4.78 is 67.4. The predicted molar refractivity (Wildman–Crippen MR) is 154 cm³/mol. The molecule has 1 amide bonds. The van der Waals surface area contributed by atoms with Gasteiger partial charge in [0.15, 0.2) is 12.6 Å². The first-order chi connectivity index (χ1) is 20.7. The lowest BCUT2D eigenvalue weighted by atomic mass is 9.97. The summed E-state index contributed by atoms with van der Waals surface area (Å²) in [4.78, 5) is 27.0. The number of carbonyl (C=O) groups is 2. The number of amides is 1. The van der Waals surface area contributed by atoms with E-state index in [1.54, 1.807) is 33.8 Å². The Morgan fingerprint density at radius 3 is 2.39 bits per heavy atom. The highest BCUT2D eigenvalue weighted by atomic mass is 19.4. The van der Waals surface area contributed by atoms with Gasteiger partial charge in [-0.1, -0.05) is 0 Å². The first-order valence-electron chi connectivity index (χ1n) is 14.1. The summed E-state index contributed by atoms with van der Waals surface area (Å²) >= 11 is 0. The maximum absolute atomic E-state index is 13.7. The molecule has 244 valence electrons. The molecule has 0 bridgehead atoms. The number of anilines is 1. The van der Waals surface area contributed by atoms with E-state index in [9.17, 15) is 22.8 Å². The van der Waals surface area contributed by atoms with Gasteiger partial charge in [0.25, 0.3) is 0 Å². The van der Waals surface area contributed by atoms with Crippen LogP contribution in [-0.2, 0) is 43.1 Å². The van der Waals surface area contributed by atoms with Gasteiger partial charge in [0.05, 0.1) is 24.5 Å². The summed E-state index contributed by atoms with van der Waals surface area (Å²) in [6.45, 7) is 6.70. The summed E-state index contributed by atoms with van der Waals surface area (Å²) in [7, 11) is 2.71. The van der Waals surface area contributed by atoms with E-state index in [4.69, 9.17) is 29.4 Å². The number of aromatic nitrogens is 2. The number of nitrogens with one attached hydrogen (secondary N) is 1. The van der Waals surface area contributed by atoms with E-state index in [1.807, 2.05) is 0 Å². The molecular formula is C29H40F3N5O7. The number of esters is 1. The average molecular weight is 628 g/mol. The normalized spacial score (nSPS) is 17.3. The van der Waals surface area contributed by atoms with Crippen LogP contribution in [0.5, 0.6) is 5.75 Å². The third-order valence-electron chi connectivity index (χ3n) is 6.60. The molecule has 3 N–H and O–H groups in total. The van der Waals surface area contributed by atoms with Gasteiger partial charge in [-0.2, -0.15) is 13.2 Å². The van der Waals surface area contributed by atoms with Crippen molar-refractivity contribution in [3.05, 3.63) is 34.9 Å². The maximum atomic E-state index is 13.7. The van der Waals surface area contributed by atoms with Gasteiger partial charge in [0.1, 0.15) is 17.4 Å². The second-order valence-electron chi connectivity index (χ2n) is 11.1. The first-order valence-corrected chi connectivity index (χ1v) is 14.1. The van der Waals surface area contributed by atoms with Crippen LogP contribution in [0.2, 0.25) is 0 Å². The third-order valence-corrected chi connectivity index (χ3v) is 6.60. The Morgan fingerprint density at radius 2 is 1.80 bits per heavy atom. The number of rotatable bonds is 11. The van der Waals surface area contributed by atoms with Crippen molar-refractivity contribution in [2.24, 2.45) is 5.73 Å². The summed E-state index contributed by atoms with van der Waals surface area (Å²) in [5.41, 5.74) is 5.50. The van der Waals surface area contributed by atoms with Gasteiger partial charge in [-0.15, -0.1) is 10.2 Å². The Kier molecular flexibility index (Phi) is 11.8. The van der Waals surface area contributed by atoms with Crippen molar-refractivity contribution in [3.63, 3.8) is 0 Å². The van der Waals surface area contributed by atoms with E-state index in [0.717, 1.165) is 12.1 Å². The molecule has 2 heterocycles. The minimum Gasteiger partial charge on any atom is -0.467 e. The van der Waals surface area contributed by atoms with E-state index in [0.29, 0.717) is 24.2 Å². The number of nitrogens with zero attached hydrogens (tertiary/aromatic N) is 3. The number of carbonyl (C=O) groups excluding carboxylic acids is 2. The predicted octanol–water partition coefficient (Wildman–Crippen LogP) is 4.49. The van der Waals surface area contributed by atoms with E-state index in [2.05, 4.69) is 15.5 Å². The van der Waals surface area contributed by atoms with Crippen LogP contribution in [0, 0.1) is 0 Å². The van der Waals surface area contributed by atoms with Gasteiger partial charge < -0.3 is 34.7 Å². The molecule has 0 unspecified atom stereocenters. The molecule has 1 aliphatic rings. The SMILES string of the molecule is CCOC(=O)[C@@H]1CC[C@@H](Nc2nnc(-c3c(COC)cc(C(F)(F)F)cc3OCOC)cc2CN)CN1C(=O)OC(C)(C)C. The van der Waals surface area contributed by atoms with E-state index in [-0.39, 0.29) is 61.7 Å². The molecule has 2 atom stereocenters. The van der Waals surface area contributed by atoms with Gasteiger partial charge in [-0.3, -0.25) is 4.90 Å². The molecule has 3 rings (SSSR count). The molecule has 2 aromatic rings. The van der Waals surface area contributed by atoms with Crippen LogP contribution in [0.1, 0.15) is 57.2 Å². The lowest BCUT2D eigenvalue weighted by Crippen LogP contribution is -2.55. The van der Waals surface area contributed by atoms with Crippen molar-refractivity contribution < 1.29 is 46.4 Å². The van der Waals surface area contributed by atoms with Crippen LogP contribution in [0.25, 0.3) is 11.3 Å². The Morgan fingerprint density at radius 1 is 1.07 bits per heavy atom. The smallest absolute Gasteiger partial charge is 0.416 e. The van der Waals surface area contributed by atoms with Gasteiger partial charge in [0, 0.05) is 44.5 Å². The van der Waals surface area contributed by atoms with Crippen LogP contribution in [0.15, 0.2) is 18.2 Å². The standard InChI is InChI=1S/C29H40F3N5O7/c1-7-42-26(38)22-9-8-20(14-37(22)27(39)44-28(2,3)4)34-25-17(13-33)11-21(35-36-25)24-18(15-40-5)10-19(29(30,31)32)12-23(24)43-16-41-6/h10-12,20,22H,7-9,13-16,33H2,1-6H3,(H,34,36)/t20-,22+/m1/s1. The topological polar surface area (TPSA) is 147 Å². The fourth-order valence-electron chi connectivity index (χ4n) is 4.75. The Labute approximate surface area is 254 Å². The summed E-state index contributed by atoms with van der Waals surface area (Å²) in [6.07, 6.45) is -4.49. The van der Waals surface area contributed by atoms with Crippen molar-refractivity contribution in [1.29, 1.82) is 0 Å². The summed E-state index contributed by atoms with van der Waals surface area (Å²) in [6, 6.07) is 2.29. The Hall–Kier alpha value is -3.69. The molecule has 0 radical (unpaired) electrons. The van der Waals surface area contributed by atoms with Crippen molar-refractivity contribution in [1.82, 2.24) is 15.1 Å². The zero-order chi connectivity index (χ0) is 32.7. The zero-order valence-corrected chi connectivity index (χ0v) is 25.7. The molecule has 1 aromatic carbocycles. The average Bonchev–Trinajstić information content (AvgIpc) is 2.95. The fraction of sp³-hybridized carbons (Fsp3) is 0.586. The minimum atomic E-state index is -4.63. The van der Waals surface area contributed by atoms with E-state index in [1.165, 1.54) is 19.1 Å². The molecule has 0 spiro atoms. The number of likely N-dealkylation sites (tertiary alicyclic amines) is 1. The van der Waals surface area contributed by atoms with E-state index >= 15 is 0 Å². The van der Waals surface area contributed by atoms with Gasteiger partial charge in [0.2, 0.25) is 0 Å². The van der Waals surface area contributed by atoms with Crippen molar-refractivity contribution in [2.75, 3.05) is 39.5 Å². The Balaban J connectivity index is 1.96. The first kappa shape index (κ1) is 34.8. The van der Waals surface area contributed by atoms with E-state index < -0.39 is 35.4 Å². The van der Waals surface area contributed by atoms with Crippen molar-refractivity contribution >= 4 is 17.9 Å². The molecule has 0 saturated carbocycles. The second-order valence-corrected chi connectivity index (χ2v) is 11.1. The van der Waals surface area contributed by atoms with Gasteiger partial charge in [-0.25, -0.2) is 9.59 Å². The van der Waals surface area contributed by atoms with Crippen LogP contribution in [0.4, 0.5) is 23.8 Å². The minimum absolute atomic E-state index is 0.00725. The quantitative estimate of drug-likeness (QED) is 0.268. The number of benzene rings is 1. The zero-order valence-electron chi connectivity index (χ0n) is 25.7. The highest BCUT2D eigenvalue weighted by molar-refractivity contribution is 5.82. The molecule has 15 heteroatoms. The number of ether oxygens (including phenoxy) is 5. The van der Waals surface area contributed by atoms with Crippen molar-refractivity contribution in [3.8, 4) is 17.0 Å². The molecular weight excluding hydrogens is 587 g/mol. The van der Waals surface area contributed by atoms with Crippen LogP contribution >= 0.6 is 0 Å². The second kappa shape index (κ2) is 14.9. The number of nitrogens with two attached hydrogens (primary N) is 1. The lowest BCUT2D eigenvalue weighted by Gasteiger charge is -2.39. The number of hydrogen-bond donors (Lipinski definition) is 2. The largest absolute Gasteiger partial charge is 0.467 e. The van der Waals surface area contributed by atoms with Crippen LogP contribution < -0.4 is 15.8 Å². The van der Waals surface area contributed by atoms with Crippen LogP contribution in [0.3, 0.4) is 0 Å². The van der Waals surface area contributed by atoms with Gasteiger partial charge >= 0.3 is 18.2 Å². The molecule has 12 nitrogen and oxygen atoms in total. The number of piperidine rings is 1. The number of alkyl halides is 3. The van der Waals surface area contributed by atoms with Gasteiger partial charge in [-0.05, 0) is 64.3 Å². The summed E-state index contributed by atoms with van der Waals surface area (Å²) in [5.74, 6) is -0.310. The third kappa shape index (κ3) is 8.92. The van der Waals surface area contributed by atoms with Crippen molar-refractivity contribution in [2.45, 2.75) is 77.5 Å². The fourth-order valence-corrected chi connectivity index (χ4v) is 4.75. The number of hydrogen-bond acceptors (Lipinski definition) is 11. The molecule has 1 aromatic heterocycles. The molecule has 44 heavy (non-hydrogen) atoms. The Bertz CT molecular complexity index is 1300. The lowest BCUT2D eigenvalue weighted by molar-refractivity contribution is -0.150. The maximum Gasteiger partial charge on any atom is 0.416 e. The molecule has 0 aliphatic carbocycles. The number of halogens is 3. The molecule has 1 saturated heterocycles.